The molecule has 0 aliphatic heterocycles. The summed E-state index contributed by atoms with van der Waals surface area (Å²) in [6.07, 6.45) is 0. The van der Waals surface area contributed by atoms with Gasteiger partial charge in [0.1, 0.15) is 10.3 Å². The summed E-state index contributed by atoms with van der Waals surface area (Å²) in [6.45, 7) is 0. The van der Waals surface area contributed by atoms with Crippen LogP contribution in [0.5, 0.6) is 0 Å². The highest BCUT2D eigenvalue weighted by molar-refractivity contribution is 9.10. The lowest BCUT2D eigenvalue weighted by Crippen LogP contribution is -1.89. The second-order valence-corrected chi connectivity index (χ2v) is 2.56. The maximum absolute atomic E-state index is 12.3. The summed E-state index contributed by atoms with van der Waals surface area (Å²) < 4.78 is 12.3. The van der Waals surface area contributed by atoms with Crippen LogP contribution in [0.4, 0.5) is 10.1 Å². The van der Waals surface area contributed by atoms with Gasteiger partial charge in [0.2, 0.25) is 0 Å². The van der Waals surface area contributed by atoms with Crippen molar-refractivity contribution in [1.29, 1.82) is 0 Å². The summed E-state index contributed by atoms with van der Waals surface area (Å²) in [5, 5.41) is 10.2. The molecule has 0 unspecified atom stereocenters. The molecule has 0 atom stereocenters. The third-order valence-electron chi connectivity index (χ3n) is 1.04. The molecule has 1 radical (unpaired) electrons. The van der Waals surface area contributed by atoms with Gasteiger partial charge in [0.25, 0.3) is 5.69 Å². The molecule has 1 aromatic rings. The van der Waals surface area contributed by atoms with E-state index < -0.39 is 10.7 Å². The SMILES string of the molecule is O=[N+]([O-])c1ccc(F)[c]c1Br. The summed E-state index contributed by atoms with van der Waals surface area (Å²) in [4.78, 5) is 9.56. The van der Waals surface area contributed by atoms with Crippen molar-refractivity contribution < 1.29 is 9.31 Å². The predicted octanol–water partition coefficient (Wildman–Crippen LogP) is 2.30. The van der Waals surface area contributed by atoms with E-state index >= 15 is 0 Å². The number of hydrogen-bond donors (Lipinski definition) is 0. The molecular weight excluding hydrogens is 217 g/mol. The number of rotatable bonds is 1. The predicted molar refractivity (Wildman–Crippen MR) is 39.6 cm³/mol. The quantitative estimate of drug-likeness (QED) is 0.537. The highest BCUT2D eigenvalue weighted by Crippen LogP contribution is 2.23. The van der Waals surface area contributed by atoms with Crippen LogP contribution in [0.3, 0.4) is 0 Å². The van der Waals surface area contributed by atoms with E-state index in [0.29, 0.717) is 0 Å². The van der Waals surface area contributed by atoms with Crippen LogP contribution in [0.1, 0.15) is 0 Å². The van der Waals surface area contributed by atoms with Gasteiger partial charge < -0.3 is 0 Å². The molecule has 0 amide bonds. The molecule has 0 N–H and O–H groups in total. The molecule has 1 aromatic carbocycles. The van der Waals surface area contributed by atoms with Gasteiger partial charge in [-0.15, -0.1) is 0 Å². The maximum Gasteiger partial charge on any atom is 0.284 e. The molecule has 0 spiro atoms. The summed E-state index contributed by atoms with van der Waals surface area (Å²) in [5.41, 5.74) is -0.189. The Hall–Kier alpha value is -0.970. The average Bonchev–Trinajstić information content (AvgIpc) is 1.85. The summed E-state index contributed by atoms with van der Waals surface area (Å²) in [5.74, 6) is -0.623. The van der Waals surface area contributed by atoms with Gasteiger partial charge >= 0.3 is 0 Å². The Morgan fingerprint density at radius 2 is 2.27 bits per heavy atom. The first-order valence-corrected chi connectivity index (χ1v) is 3.42. The number of benzene rings is 1. The lowest BCUT2D eigenvalue weighted by atomic mass is 10.3. The molecule has 3 nitrogen and oxygen atoms in total. The Kier molecular flexibility index (Phi) is 2.19. The molecule has 0 aliphatic rings. The molecule has 11 heavy (non-hydrogen) atoms. The van der Waals surface area contributed by atoms with Crippen molar-refractivity contribution >= 4 is 21.6 Å². The Morgan fingerprint density at radius 3 is 2.73 bits per heavy atom. The minimum atomic E-state index is -0.623. The molecule has 1 rings (SSSR count). The number of nitro groups is 1. The Balaban J connectivity index is 3.20. The topological polar surface area (TPSA) is 43.1 Å². The van der Waals surface area contributed by atoms with Crippen LogP contribution in [0.15, 0.2) is 16.6 Å². The van der Waals surface area contributed by atoms with E-state index in [-0.39, 0.29) is 10.2 Å². The summed E-state index contributed by atoms with van der Waals surface area (Å²) in [6, 6.07) is 4.20. The first-order valence-electron chi connectivity index (χ1n) is 2.63. The highest BCUT2D eigenvalue weighted by atomic mass is 79.9. The van der Waals surface area contributed by atoms with E-state index in [4.69, 9.17) is 0 Å². The van der Waals surface area contributed by atoms with Crippen LogP contribution in [0, 0.1) is 22.0 Å². The van der Waals surface area contributed by atoms with Crippen LogP contribution in [-0.2, 0) is 0 Å². The zero-order chi connectivity index (χ0) is 8.43. The highest BCUT2D eigenvalue weighted by Gasteiger charge is 2.11. The molecule has 0 saturated carbocycles. The second kappa shape index (κ2) is 2.96. The van der Waals surface area contributed by atoms with E-state index in [1.54, 1.807) is 0 Å². The van der Waals surface area contributed by atoms with Gasteiger partial charge in [-0.3, -0.25) is 10.1 Å². The van der Waals surface area contributed by atoms with Crippen LogP contribution in [-0.4, -0.2) is 4.92 Å². The molecule has 5 heteroatoms. The minimum Gasteiger partial charge on any atom is -0.258 e. The third kappa shape index (κ3) is 1.74. The molecule has 0 bridgehead atoms. The molecule has 0 aliphatic carbocycles. The molecule has 57 valence electrons. The molecular formula is C6H2BrFNO2. The van der Waals surface area contributed by atoms with Crippen molar-refractivity contribution in [2.45, 2.75) is 0 Å². The first kappa shape index (κ1) is 8.13. The van der Waals surface area contributed by atoms with E-state index in [1.807, 2.05) is 0 Å². The number of hydrogen-bond acceptors (Lipinski definition) is 2. The Labute approximate surface area is 70.1 Å². The van der Waals surface area contributed by atoms with Crippen molar-refractivity contribution in [1.82, 2.24) is 0 Å². The standard InChI is InChI=1S/C6H2BrFNO2/c7-5-3-4(8)1-2-6(5)9(10)11/h1-2H. The molecule has 0 heterocycles. The summed E-state index contributed by atoms with van der Waals surface area (Å²) in [7, 11) is 0. The van der Waals surface area contributed by atoms with Gasteiger partial charge in [0, 0.05) is 12.1 Å². The van der Waals surface area contributed by atoms with Crippen molar-refractivity contribution in [3.8, 4) is 0 Å². The van der Waals surface area contributed by atoms with Crippen LogP contribution >= 0.6 is 15.9 Å². The van der Waals surface area contributed by atoms with Gasteiger partial charge in [0.05, 0.1) is 4.92 Å². The van der Waals surface area contributed by atoms with Crippen LogP contribution < -0.4 is 0 Å². The van der Waals surface area contributed by atoms with E-state index in [9.17, 15) is 14.5 Å². The van der Waals surface area contributed by atoms with Gasteiger partial charge in [-0.25, -0.2) is 4.39 Å². The molecule has 0 fully saturated rings. The van der Waals surface area contributed by atoms with E-state index in [0.717, 1.165) is 12.1 Å². The van der Waals surface area contributed by atoms with Gasteiger partial charge in [-0.05, 0) is 22.0 Å². The normalized spacial score (nSPS) is 9.64. The maximum atomic E-state index is 12.3. The molecule has 0 saturated heterocycles. The van der Waals surface area contributed by atoms with Gasteiger partial charge in [-0.2, -0.15) is 0 Å². The fraction of sp³-hybridized carbons (Fsp3) is 0. The molecule has 0 aromatic heterocycles. The van der Waals surface area contributed by atoms with Crippen LogP contribution in [0.25, 0.3) is 0 Å². The first-order chi connectivity index (χ1) is 5.11. The van der Waals surface area contributed by atoms with Crippen molar-refractivity contribution in [2.24, 2.45) is 0 Å². The lowest BCUT2D eigenvalue weighted by molar-refractivity contribution is -0.385. The number of halogens is 2. The second-order valence-electron chi connectivity index (χ2n) is 1.76. The Bertz CT molecular complexity index is 303. The van der Waals surface area contributed by atoms with Crippen molar-refractivity contribution in [2.75, 3.05) is 0 Å². The minimum absolute atomic E-state index is 0.0301. The number of nitro benzene ring substituents is 1. The van der Waals surface area contributed by atoms with Gasteiger partial charge in [-0.1, -0.05) is 0 Å². The average molecular weight is 219 g/mol. The largest absolute Gasteiger partial charge is 0.284 e. The fourth-order valence-corrected chi connectivity index (χ4v) is 1.04. The lowest BCUT2D eigenvalue weighted by Gasteiger charge is -1.92. The fourth-order valence-electron chi connectivity index (χ4n) is 0.577. The van der Waals surface area contributed by atoms with E-state index in [1.165, 1.54) is 0 Å². The third-order valence-corrected chi connectivity index (χ3v) is 1.64. The van der Waals surface area contributed by atoms with Crippen LogP contribution in [0.2, 0.25) is 0 Å². The number of nitrogens with zero attached hydrogens (tertiary/aromatic N) is 1. The van der Waals surface area contributed by atoms with Gasteiger partial charge in [0.15, 0.2) is 0 Å². The van der Waals surface area contributed by atoms with E-state index in [2.05, 4.69) is 22.0 Å². The zero-order valence-corrected chi connectivity index (χ0v) is 6.76. The zero-order valence-electron chi connectivity index (χ0n) is 5.17. The Morgan fingerprint density at radius 1 is 1.64 bits per heavy atom. The van der Waals surface area contributed by atoms with Crippen molar-refractivity contribution in [3.63, 3.8) is 0 Å². The summed E-state index contributed by atoms with van der Waals surface area (Å²) >= 11 is 2.81. The smallest absolute Gasteiger partial charge is 0.258 e. The monoisotopic (exact) mass is 218 g/mol. The van der Waals surface area contributed by atoms with Crippen molar-refractivity contribution in [3.05, 3.63) is 38.6 Å².